The molecule has 0 bridgehead atoms. The smallest absolute Gasteiger partial charge is 0.253 e. The molecule has 0 aliphatic heterocycles. The zero-order chi connectivity index (χ0) is 17.0. The Bertz CT molecular complexity index is 663. The highest BCUT2D eigenvalue weighted by atomic mass is 16.2. The molecule has 0 spiro atoms. The first-order chi connectivity index (χ1) is 10.9. The van der Waals surface area contributed by atoms with E-state index in [1.807, 2.05) is 64.4 Å². The molecule has 0 aliphatic carbocycles. The molecule has 2 rings (SSSR count). The second-order valence-corrected chi connectivity index (χ2v) is 6.17. The Hall–Kier alpha value is -2.49. The fourth-order valence-corrected chi connectivity index (χ4v) is 2.38. The summed E-state index contributed by atoms with van der Waals surface area (Å²) in [5, 5.41) is 0. The Morgan fingerprint density at radius 3 is 2.00 bits per heavy atom. The fraction of sp³-hybridized carbons (Fsp3) is 0.316. The minimum absolute atomic E-state index is 0.0328. The van der Waals surface area contributed by atoms with Gasteiger partial charge in [-0.2, -0.15) is 0 Å². The van der Waals surface area contributed by atoms with Crippen molar-refractivity contribution in [1.29, 1.82) is 0 Å². The van der Waals surface area contributed by atoms with Gasteiger partial charge >= 0.3 is 0 Å². The van der Waals surface area contributed by atoms with Gasteiger partial charge < -0.3 is 14.7 Å². The van der Waals surface area contributed by atoms with Crippen molar-refractivity contribution in [1.82, 2.24) is 4.90 Å². The van der Waals surface area contributed by atoms with Crippen LogP contribution in [0.3, 0.4) is 0 Å². The molecule has 2 aromatic carbocycles. The number of hydrogen-bond acceptors (Lipinski definition) is 3. The summed E-state index contributed by atoms with van der Waals surface area (Å²) in [4.78, 5) is 18.4. The van der Waals surface area contributed by atoms with Gasteiger partial charge in [0.1, 0.15) is 0 Å². The Balaban J connectivity index is 2.09. The predicted octanol–water partition coefficient (Wildman–Crippen LogP) is 3.09. The molecular formula is C19H25N3O. The fourth-order valence-electron chi connectivity index (χ4n) is 2.38. The molecular weight excluding hydrogens is 286 g/mol. The quantitative estimate of drug-likeness (QED) is 0.849. The van der Waals surface area contributed by atoms with E-state index in [1.165, 1.54) is 0 Å². The Labute approximate surface area is 138 Å². The maximum absolute atomic E-state index is 12.6. The number of benzene rings is 2. The van der Waals surface area contributed by atoms with Crippen LogP contribution in [0.25, 0.3) is 0 Å². The second-order valence-electron chi connectivity index (χ2n) is 6.17. The topological polar surface area (TPSA) is 26.8 Å². The molecule has 2 aromatic rings. The van der Waals surface area contributed by atoms with E-state index in [4.69, 9.17) is 0 Å². The normalized spacial score (nSPS) is 10.3. The summed E-state index contributed by atoms with van der Waals surface area (Å²) in [6.45, 7) is 0.596. The van der Waals surface area contributed by atoms with Crippen LogP contribution in [0.1, 0.15) is 15.9 Å². The first-order valence-corrected chi connectivity index (χ1v) is 7.67. The lowest BCUT2D eigenvalue weighted by Gasteiger charge is -2.20. The number of rotatable bonds is 5. The van der Waals surface area contributed by atoms with Gasteiger partial charge in [-0.25, -0.2) is 0 Å². The van der Waals surface area contributed by atoms with Gasteiger partial charge in [-0.1, -0.05) is 18.2 Å². The molecule has 0 aromatic heterocycles. The monoisotopic (exact) mass is 311 g/mol. The summed E-state index contributed by atoms with van der Waals surface area (Å²) in [6.07, 6.45) is 0. The van der Waals surface area contributed by atoms with E-state index >= 15 is 0 Å². The zero-order valence-corrected chi connectivity index (χ0v) is 14.6. The van der Waals surface area contributed by atoms with Crippen LogP contribution in [-0.2, 0) is 6.54 Å². The molecule has 0 saturated heterocycles. The molecule has 0 radical (unpaired) electrons. The van der Waals surface area contributed by atoms with Crippen LogP contribution in [0.2, 0.25) is 0 Å². The molecule has 4 heteroatoms. The highest BCUT2D eigenvalue weighted by Gasteiger charge is 2.13. The molecule has 1 amide bonds. The number of anilines is 2. The molecule has 0 heterocycles. The van der Waals surface area contributed by atoms with E-state index < -0.39 is 0 Å². The summed E-state index contributed by atoms with van der Waals surface area (Å²) >= 11 is 0. The molecule has 0 saturated carbocycles. The van der Waals surface area contributed by atoms with Crippen LogP contribution in [0.5, 0.6) is 0 Å². The maximum atomic E-state index is 12.6. The van der Waals surface area contributed by atoms with Crippen LogP contribution in [0.15, 0.2) is 48.5 Å². The number of carbonyl (C=O) groups is 1. The van der Waals surface area contributed by atoms with Crippen molar-refractivity contribution in [3.05, 3.63) is 59.7 Å². The van der Waals surface area contributed by atoms with E-state index in [9.17, 15) is 4.79 Å². The van der Waals surface area contributed by atoms with E-state index in [0.29, 0.717) is 12.1 Å². The summed E-state index contributed by atoms with van der Waals surface area (Å²) in [5.41, 5.74) is 4.01. The van der Waals surface area contributed by atoms with Crippen LogP contribution >= 0.6 is 0 Å². The van der Waals surface area contributed by atoms with Crippen LogP contribution < -0.4 is 9.80 Å². The van der Waals surface area contributed by atoms with Crippen molar-refractivity contribution in [2.45, 2.75) is 6.54 Å². The lowest BCUT2D eigenvalue weighted by Crippen LogP contribution is -2.26. The Morgan fingerprint density at radius 1 is 0.826 bits per heavy atom. The van der Waals surface area contributed by atoms with Gasteiger partial charge in [0.15, 0.2) is 0 Å². The van der Waals surface area contributed by atoms with Gasteiger partial charge in [0.05, 0.1) is 0 Å². The van der Waals surface area contributed by atoms with Gasteiger partial charge in [-0.15, -0.1) is 0 Å². The Kier molecular flexibility index (Phi) is 5.27. The van der Waals surface area contributed by atoms with Crippen molar-refractivity contribution < 1.29 is 4.79 Å². The van der Waals surface area contributed by atoms with Crippen molar-refractivity contribution in [2.75, 3.05) is 45.0 Å². The van der Waals surface area contributed by atoms with Gasteiger partial charge in [-0.05, 0) is 35.9 Å². The molecule has 0 atom stereocenters. The highest BCUT2D eigenvalue weighted by Crippen LogP contribution is 2.17. The van der Waals surface area contributed by atoms with Gasteiger partial charge in [0, 0.05) is 58.7 Å². The number of amides is 1. The van der Waals surface area contributed by atoms with Crippen molar-refractivity contribution in [2.24, 2.45) is 0 Å². The van der Waals surface area contributed by atoms with Crippen molar-refractivity contribution in [3.63, 3.8) is 0 Å². The summed E-state index contributed by atoms with van der Waals surface area (Å²) < 4.78 is 0. The van der Waals surface area contributed by atoms with Gasteiger partial charge in [0.25, 0.3) is 5.91 Å². The van der Waals surface area contributed by atoms with Crippen LogP contribution in [0.4, 0.5) is 11.4 Å². The molecule has 122 valence electrons. The zero-order valence-electron chi connectivity index (χ0n) is 14.6. The van der Waals surface area contributed by atoms with Crippen LogP contribution in [0, 0.1) is 0 Å². The van der Waals surface area contributed by atoms with Crippen molar-refractivity contribution >= 4 is 17.3 Å². The van der Waals surface area contributed by atoms with E-state index in [2.05, 4.69) is 29.2 Å². The third kappa shape index (κ3) is 4.25. The van der Waals surface area contributed by atoms with E-state index in [-0.39, 0.29) is 5.91 Å². The largest absolute Gasteiger partial charge is 0.378 e. The molecule has 0 fully saturated rings. The Morgan fingerprint density at radius 2 is 1.43 bits per heavy atom. The van der Waals surface area contributed by atoms with Crippen molar-refractivity contribution in [3.8, 4) is 0 Å². The molecule has 0 aliphatic rings. The first kappa shape index (κ1) is 16.9. The standard InChI is InChI=1S/C19H25N3O/c1-20(2)17-11-9-15(10-12-17)14-22(5)19(23)16-7-6-8-18(13-16)21(3)4/h6-13H,14H2,1-5H3. The average molecular weight is 311 g/mol. The summed E-state index contributed by atoms with van der Waals surface area (Å²) in [6, 6.07) is 16.0. The van der Waals surface area contributed by atoms with Crippen LogP contribution in [-0.4, -0.2) is 46.0 Å². The number of nitrogens with zero attached hydrogens (tertiary/aromatic N) is 3. The molecule has 0 unspecified atom stereocenters. The molecule has 0 N–H and O–H groups in total. The van der Waals surface area contributed by atoms with E-state index in [0.717, 1.165) is 16.9 Å². The average Bonchev–Trinajstić information content (AvgIpc) is 2.54. The minimum atomic E-state index is 0.0328. The van der Waals surface area contributed by atoms with E-state index in [1.54, 1.807) is 4.90 Å². The minimum Gasteiger partial charge on any atom is -0.378 e. The van der Waals surface area contributed by atoms with Gasteiger partial charge in [-0.3, -0.25) is 4.79 Å². The molecule has 23 heavy (non-hydrogen) atoms. The lowest BCUT2D eigenvalue weighted by atomic mass is 10.1. The van der Waals surface area contributed by atoms with Gasteiger partial charge in [0.2, 0.25) is 0 Å². The predicted molar refractivity (Wildman–Crippen MR) is 97.3 cm³/mol. The SMILES string of the molecule is CN(Cc1ccc(N(C)C)cc1)C(=O)c1cccc(N(C)C)c1. The molecule has 4 nitrogen and oxygen atoms in total. The third-order valence-corrected chi connectivity index (χ3v) is 3.83. The number of hydrogen-bond donors (Lipinski definition) is 0. The highest BCUT2D eigenvalue weighted by molar-refractivity contribution is 5.95. The summed E-state index contributed by atoms with van der Waals surface area (Å²) in [5.74, 6) is 0.0328. The first-order valence-electron chi connectivity index (χ1n) is 7.67. The summed E-state index contributed by atoms with van der Waals surface area (Å²) in [7, 11) is 9.81. The maximum Gasteiger partial charge on any atom is 0.253 e. The lowest BCUT2D eigenvalue weighted by molar-refractivity contribution is 0.0785. The number of carbonyl (C=O) groups excluding carboxylic acids is 1. The third-order valence-electron chi connectivity index (χ3n) is 3.83. The second kappa shape index (κ2) is 7.18.